The molecular formula is C17H12ClN3O2S. The van der Waals surface area contributed by atoms with Gasteiger partial charge in [0.1, 0.15) is 11.3 Å². The Balaban J connectivity index is 1.66. The third-order valence-corrected chi connectivity index (χ3v) is 4.79. The molecule has 0 fully saturated rings. The zero-order chi connectivity index (χ0) is 16.7. The van der Waals surface area contributed by atoms with Crippen molar-refractivity contribution in [2.75, 3.05) is 0 Å². The van der Waals surface area contributed by atoms with E-state index in [0.29, 0.717) is 43.8 Å². The van der Waals surface area contributed by atoms with Crippen LogP contribution in [-0.2, 0) is 12.8 Å². The predicted octanol–water partition coefficient (Wildman–Crippen LogP) is 4.02. The molecule has 0 N–H and O–H groups in total. The van der Waals surface area contributed by atoms with Gasteiger partial charge >= 0.3 is 0 Å². The summed E-state index contributed by atoms with van der Waals surface area (Å²) in [5, 5.41) is 1.76. The monoisotopic (exact) mass is 357 g/mol. The molecule has 0 saturated heterocycles. The lowest BCUT2D eigenvalue weighted by Crippen LogP contribution is -2.21. The van der Waals surface area contributed by atoms with Crippen LogP contribution in [0.2, 0.25) is 5.02 Å². The average molecular weight is 358 g/mol. The maximum atomic E-state index is 12.4. The van der Waals surface area contributed by atoms with Gasteiger partial charge in [-0.1, -0.05) is 35.5 Å². The van der Waals surface area contributed by atoms with Crippen molar-refractivity contribution in [3.8, 4) is 0 Å². The van der Waals surface area contributed by atoms with Crippen LogP contribution in [-0.4, -0.2) is 14.5 Å². The lowest BCUT2D eigenvalue weighted by molar-refractivity contribution is 0.489. The Labute approximate surface area is 146 Å². The molecule has 0 amide bonds. The first-order chi connectivity index (χ1) is 11.6. The Bertz CT molecular complexity index is 1120. The number of para-hydroxylation sites is 1. The van der Waals surface area contributed by atoms with Crippen molar-refractivity contribution in [1.29, 1.82) is 0 Å². The number of oxazole rings is 1. The predicted molar refractivity (Wildman–Crippen MR) is 95.6 cm³/mol. The number of thioether (sulfide) groups is 1. The van der Waals surface area contributed by atoms with Crippen molar-refractivity contribution in [1.82, 2.24) is 14.5 Å². The third kappa shape index (κ3) is 2.68. The van der Waals surface area contributed by atoms with Crippen molar-refractivity contribution >= 4 is 45.4 Å². The van der Waals surface area contributed by atoms with Crippen LogP contribution in [0.4, 0.5) is 0 Å². The van der Waals surface area contributed by atoms with Crippen LogP contribution in [0.25, 0.3) is 22.0 Å². The first-order valence-electron chi connectivity index (χ1n) is 7.25. The van der Waals surface area contributed by atoms with Crippen molar-refractivity contribution in [3.05, 3.63) is 63.7 Å². The highest BCUT2D eigenvalue weighted by molar-refractivity contribution is 7.98. The fourth-order valence-electron chi connectivity index (χ4n) is 2.46. The molecule has 0 saturated carbocycles. The van der Waals surface area contributed by atoms with Gasteiger partial charge in [0.15, 0.2) is 5.58 Å². The maximum Gasteiger partial charge on any atom is 0.261 e. The standard InChI is InChI=1S/C17H12ClN3O2S/c1-21-15(19-12-5-3-2-4-11(12)16(21)22)9-24-17-20-13-8-10(18)6-7-14(13)23-17/h2-8H,9H2,1H3. The highest BCUT2D eigenvalue weighted by atomic mass is 35.5. The third-order valence-electron chi connectivity index (χ3n) is 3.73. The molecule has 0 aliphatic carbocycles. The molecule has 4 aromatic rings. The highest BCUT2D eigenvalue weighted by Gasteiger charge is 2.11. The lowest BCUT2D eigenvalue weighted by Gasteiger charge is -2.07. The van der Waals surface area contributed by atoms with Gasteiger partial charge < -0.3 is 4.42 Å². The van der Waals surface area contributed by atoms with Crippen molar-refractivity contribution in [3.63, 3.8) is 0 Å². The zero-order valence-electron chi connectivity index (χ0n) is 12.7. The van der Waals surface area contributed by atoms with Crippen LogP contribution in [0.3, 0.4) is 0 Å². The summed E-state index contributed by atoms with van der Waals surface area (Å²) < 4.78 is 7.24. The zero-order valence-corrected chi connectivity index (χ0v) is 14.3. The summed E-state index contributed by atoms with van der Waals surface area (Å²) in [5.41, 5.74) is 2.04. The molecule has 0 unspecified atom stereocenters. The van der Waals surface area contributed by atoms with E-state index in [1.807, 2.05) is 18.2 Å². The van der Waals surface area contributed by atoms with Gasteiger partial charge in [0, 0.05) is 12.1 Å². The number of hydrogen-bond acceptors (Lipinski definition) is 5. The van der Waals surface area contributed by atoms with Crippen LogP contribution in [0, 0.1) is 0 Å². The Morgan fingerprint density at radius 3 is 2.88 bits per heavy atom. The van der Waals surface area contributed by atoms with Gasteiger partial charge in [0.2, 0.25) is 0 Å². The first kappa shape index (κ1) is 15.2. The minimum absolute atomic E-state index is 0.0550. The number of halogens is 1. The van der Waals surface area contributed by atoms with Crippen LogP contribution in [0.1, 0.15) is 5.82 Å². The van der Waals surface area contributed by atoms with Gasteiger partial charge in [0.25, 0.3) is 10.8 Å². The van der Waals surface area contributed by atoms with Gasteiger partial charge in [-0.05, 0) is 30.3 Å². The maximum absolute atomic E-state index is 12.4. The van der Waals surface area contributed by atoms with E-state index >= 15 is 0 Å². The van der Waals surface area contributed by atoms with E-state index in [0.717, 1.165) is 0 Å². The molecule has 120 valence electrons. The van der Waals surface area contributed by atoms with E-state index in [2.05, 4.69) is 9.97 Å². The molecule has 2 aromatic heterocycles. The smallest absolute Gasteiger partial charge is 0.261 e. The molecule has 0 bridgehead atoms. The van der Waals surface area contributed by atoms with Crippen LogP contribution in [0.15, 0.2) is 56.9 Å². The summed E-state index contributed by atoms with van der Waals surface area (Å²) >= 11 is 7.35. The fourth-order valence-corrected chi connectivity index (χ4v) is 3.45. The van der Waals surface area contributed by atoms with Crippen molar-refractivity contribution in [2.24, 2.45) is 7.05 Å². The number of hydrogen-bond donors (Lipinski definition) is 0. The molecule has 2 heterocycles. The van der Waals surface area contributed by atoms with Gasteiger partial charge in [0.05, 0.1) is 16.7 Å². The molecule has 0 atom stereocenters. The second-order valence-corrected chi connectivity index (χ2v) is 6.65. The SMILES string of the molecule is Cn1c(CSc2nc3cc(Cl)ccc3o2)nc2ccccc2c1=O. The van der Waals surface area contributed by atoms with Crippen LogP contribution in [0.5, 0.6) is 0 Å². The molecule has 0 aliphatic rings. The Hall–Kier alpha value is -2.31. The molecule has 0 radical (unpaired) electrons. The number of fused-ring (bicyclic) bond motifs is 2. The molecule has 0 spiro atoms. The summed E-state index contributed by atoms with van der Waals surface area (Å²) in [6, 6.07) is 12.6. The summed E-state index contributed by atoms with van der Waals surface area (Å²) in [5.74, 6) is 1.15. The Kier molecular flexibility index (Phi) is 3.78. The average Bonchev–Trinajstić information content (AvgIpc) is 2.99. The number of benzene rings is 2. The largest absolute Gasteiger partial charge is 0.431 e. The minimum atomic E-state index is -0.0550. The van der Waals surface area contributed by atoms with Crippen molar-refractivity contribution < 1.29 is 4.42 Å². The fraction of sp³-hybridized carbons (Fsp3) is 0.118. The minimum Gasteiger partial charge on any atom is -0.431 e. The van der Waals surface area contributed by atoms with Gasteiger partial charge in [-0.3, -0.25) is 9.36 Å². The van der Waals surface area contributed by atoms with E-state index in [-0.39, 0.29) is 5.56 Å². The Morgan fingerprint density at radius 2 is 2.00 bits per heavy atom. The van der Waals surface area contributed by atoms with E-state index in [1.165, 1.54) is 11.8 Å². The number of nitrogens with zero attached hydrogens (tertiary/aromatic N) is 3. The van der Waals surface area contributed by atoms with Gasteiger partial charge in [-0.25, -0.2) is 9.97 Å². The quantitative estimate of drug-likeness (QED) is 0.518. The molecule has 5 nitrogen and oxygen atoms in total. The van der Waals surface area contributed by atoms with E-state index in [4.69, 9.17) is 16.0 Å². The summed E-state index contributed by atoms with van der Waals surface area (Å²) in [4.78, 5) is 21.4. The van der Waals surface area contributed by atoms with E-state index in [1.54, 1.807) is 35.9 Å². The summed E-state index contributed by atoms with van der Waals surface area (Å²) in [7, 11) is 1.73. The normalized spacial score (nSPS) is 11.4. The Morgan fingerprint density at radius 1 is 1.17 bits per heavy atom. The topological polar surface area (TPSA) is 60.9 Å². The number of aromatic nitrogens is 3. The molecule has 0 aliphatic heterocycles. The van der Waals surface area contributed by atoms with Gasteiger partial charge in [-0.15, -0.1) is 0 Å². The molecule has 4 rings (SSSR count). The lowest BCUT2D eigenvalue weighted by atomic mass is 10.2. The van der Waals surface area contributed by atoms with Crippen LogP contribution < -0.4 is 5.56 Å². The van der Waals surface area contributed by atoms with E-state index in [9.17, 15) is 4.79 Å². The van der Waals surface area contributed by atoms with Crippen molar-refractivity contribution in [2.45, 2.75) is 11.0 Å². The second kappa shape index (κ2) is 5.96. The number of rotatable bonds is 3. The molecule has 2 aromatic carbocycles. The molecule has 7 heteroatoms. The van der Waals surface area contributed by atoms with E-state index < -0.39 is 0 Å². The molecule has 24 heavy (non-hydrogen) atoms. The second-order valence-electron chi connectivity index (χ2n) is 5.29. The summed E-state index contributed by atoms with van der Waals surface area (Å²) in [6.07, 6.45) is 0. The highest BCUT2D eigenvalue weighted by Crippen LogP contribution is 2.27. The van der Waals surface area contributed by atoms with Crippen LogP contribution >= 0.6 is 23.4 Å². The first-order valence-corrected chi connectivity index (χ1v) is 8.62. The molecular weight excluding hydrogens is 346 g/mol. The summed E-state index contributed by atoms with van der Waals surface area (Å²) in [6.45, 7) is 0. The van der Waals surface area contributed by atoms with Gasteiger partial charge in [-0.2, -0.15) is 0 Å².